The number of hydrogen-bond donors (Lipinski definition) is 2. The molecule has 66 valence electrons. The summed E-state index contributed by atoms with van der Waals surface area (Å²) in [4.78, 5) is 13.1. The van der Waals surface area contributed by atoms with Crippen molar-refractivity contribution in [1.82, 2.24) is 0 Å². The number of nitrogens with zero attached hydrogens (tertiary/aromatic N) is 1. The van der Waals surface area contributed by atoms with Crippen LogP contribution >= 0.6 is 0 Å². The summed E-state index contributed by atoms with van der Waals surface area (Å²) in [5.41, 5.74) is -0.172. The largest absolute Gasteiger partial charge is 0.490 e. The first kappa shape index (κ1) is 9.60. The highest BCUT2D eigenvalue weighted by Gasteiger charge is 2.16. The van der Waals surface area contributed by atoms with E-state index in [-0.39, 0.29) is 11.2 Å². The summed E-state index contributed by atoms with van der Waals surface area (Å²) >= 11 is 0. The zero-order valence-corrected chi connectivity index (χ0v) is 6.44. The molecule has 1 aromatic rings. The van der Waals surface area contributed by atoms with Gasteiger partial charge in [-0.25, -0.2) is 9.18 Å². The zero-order chi connectivity index (χ0) is 9.84. The van der Waals surface area contributed by atoms with E-state index in [4.69, 9.17) is 10.0 Å². The van der Waals surface area contributed by atoms with Crippen LogP contribution in [0.2, 0.25) is 0 Å². The monoisotopic (exact) mass is 181 g/mol. The van der Waals surface area contributed by atoms with E-state index in [0.717, 1.165) is 18.2 Å². The van der Waals surface area contributed by atoms with Gasteiger partial charge in [0.15, 0.2) is 0 Å². The molecule has 1 rings (SSSR count). The Morgan fingerprint density at radius 1 is 1.46 bits per heavy atom. The number of hydrogen-bond acceptors (Lipinski definition) is 4. The maximum atomic E-state index is 12.6. The first-order chi connectivity index (χ1) is 6.15. The molecule has 0 fully saturated rings. The molecule has 0 amide bonds. The van der Waals surface area contributed by atoms with E-state index >= 15 is 0 Å². The van der Waals surface area contributed by atoms with Gasteiger partial charge in [-0.1, -0.05) is 0 Å². The third-order valence-corrected chi connectivity index (χ3v) is 1.43. The lowest BCUT2D eigenvalue weighted by Crippen LogP contribution is -2.30. The summed E-state index contributed by atoms with van der Waals surface area (Å²) in [6, 6.07) is 3.11. The predicted molar refractivity (Wildman–Crippen MR) is 44.0 cm³/mol. The fraction of sp³-hybridized carbons (Fsp3) is 0. The second-order valence-electron chi connectivity index (χ2n) is 2.28. The van der Waals surface area contributed by atoms with Crippen LogP contribution in [0.15, 0.2) is 23.2 Å². The molecule has 0 unspecified atom stereocenters. The van der Waals surface area contributed by atoms with E-state index in [1.165, 1.54) is 6.08 Å². The van der Waals surface area contributed by atoms with Gasteiger partial charge in [-0.05, 0) is 18.2 Å². The predicted octanol–water partition coefficient (Wildman–Crippen LogP) is -0.527. The third kappa shape index (κ3) is 2.22. The molecule has 13 heavy (non-hydrogen) atoms. The first-order valence-corrected chi connectivity index (χ1v) is 3.38. The van der Waals surface area contributed by atoms with Crippen LogP contribution in [0.3, 0.4) is 0 Å². The molecule has 0 saturated carbocycles. The van der Waals surface area contributed by atoms with E-state index in [2.05, 4.69) is 4.99 Å². The topological polar surface area (TPSA) is 69.9 Å². The average Bonchev–Trinajstić information content (AvgIpc) is 2.08. The Bertz CT molecular complexity index is 363. The Kier molecular flexibility index (Phi) is 2.92. The Balaban J connectivity index is 3.26. The second kappa shape index (κ2) is 3.95. The molecular formula is C7H5BFNO3. The minimum absolute atomic E-state index is 0.00796. The van der Waals surface area contributed by atoms with E-state index < -0.39 is 12.9 Å². The smallest absolute Gasteiger partial charge is 0.423 e. The van der Waals surface area contributed by atoms with Crippen molar-refractivity contribution in [3.8, 4) is 0 Å². The summed E-state index contributed by atoms with van der Waals surface area (Å²) in [6.45, 7) is 0. The second-order valence-corrected chi connectivity index (χ2v) is 2.28. The quantitative estimate of drug-likeness (QED) is 0.366. The molecule has 0 radical (unpaired) electrons. The zero-order valence-electron chi connectivity index (χ0n) is 6.44. The lowest BCUT2D eigenvalue weighted by atomic mass is 9.79. The lowest BCUT2D eigenvalue weighted by molar-refractivity contribution is 0.425. The van der Waals surface area contributed by atoms with Gasteiger partial charge in [0, 0.05) is 5.46 Å². The molecule has 4 nitrogen and oxygen atoms in total. The fourth-order valence-corrected chi connectivity index (χ4v) is 0.883. The van der Waals surface area contributed by atoms with E-state index in [0.29, 0.717) is 0 Å². The Labute approximate surface area is 73.5 Å². The standard InChI is InChI=1S/C7H5BFNO3/c9-5-1-2-7(10-4-11)6(3-5)8(12)13/h1-3,12-13H. The molecule has 0 bridgehead atoms. The molecule has 6 heteroatoms. The van der Waals surface area contributed by atoms with E-state index in [1.54, 1.807) is 0 Å². The average molecular weight is 181 g/mol. The molecule has 0 saturated heterocycles. The highest BCUT2D eigenvalue weighted by Crippen LogP contribution is 2.09. The molecule has 0 spiro atoms. The molecule has 0 aliphatic heterocycles. The molecular weight excluding hydrogens is 176 g/mol. The van der Waals surface area contributed by atoms with Crippen molar-refractivity contribution in [2.45, 2.75) is 0 Å². The van der Waals surface area contributed by atoms with Crippen molar-refractivity contribution in [2.24, 2.45) is 4.99 Å². The molecule has 0 aliphatic rings. The summed E-state index contributed by atoms with van der Waals surface area (Å²) in [5.74, 6) is -0.632. The van der Waals surface area contributed by atoms with Crippen molar-refractivity contribution in [2.75, 3.05) is 0 Å². The van der Waals surface area contributed by atoms with Crippen LogP contribution in [0, 0.1) is 5.82 Å². The number of isocyanates is 1. The van der Waals surface area contributed by atoms with Crippen LogP contribution in [0.4, 0.5) is 10.1 Å². The van der Waals surface area contributed by atoms with Crippen molar-refractivity contribution in [3.63, 3.8) is 0 Å². The van der Waals surface area contributed by atoms with Gasteiger partial charge < -0.3 is 10.0 Å². The van der Waals surface area contributed by atoms with Gasteiger partial charge in [0.2, 0.25) is 6.08 Å². The van der Waals surface area contributed by atoms with Crippen molar-refractivity contribution < 1.29 is 19.2 Å². The van der Waals surface area contributed by atoms with Crippen LogP contribution in [0.25, 0.3) is 0 Å². The molecule has 2 N–H and O–H groups in total. The lowest BCUT2D eigenvalue weighted by Gasteiger charge is -2.01. The van der Waals surface area contributed by atoms with Crippen LogP contribution in [0.1, 0.15) is 0 Å². The molecule has 0 heterocycles. The maximum absolute atomic E-state index is 12.6. The fourth-order valence-electron chi connectivity index (χ4n) is 0.883. The van der Waals surface area contributed by atoms with E-state index in [9.17, 15) is 9.18 Å². The third-order valence-electron chi connectivity index (χ3n) is 1.43. The van der Waals surface area contributed by atoms with Crippen LogP contribution < -0.4 is 5.46 Å². The summed E-state index contributed by atoms with van der Waals surface area (Å²) in [7, 11) is -1.86. The molecule has 0 aliphatic carbocycles. The Morgan fingerprint density at radius 2 is 2.15 bits per heavy atom. The van der Waals surface area contributed by atoms with Crippen LogP contribution in [-0.4, -0.2) is 23.2 Å². The normalized spacial score (nSPS) is 9.15. The molecule has 1 aromatic carbocycles. The minimum atomic E-state index is -1.86. The maximum Gasteiger partial charge on any atom is 0.490 e. The SMILES string of the molecule is O=C=Nc1ccc(F)cc1B(O)O. The van der Waals surface area contributed by atoms with Gasteiger partial charge in [0.25, 0.3) is 0 Å². The Hall–Kier alpha value is -1.49. The Morgan fingerprint density at radius 3 is 2.69 bits per heavy atom. The van der Waals surface area contributed by atoms with E-state index in [1.807, 2.05) is 0 Å². The van der Waals surface area contributed by atoms with Crippen molar-refractivity contribution in [1.29, 1.82) is 0 Å². The number of rotatable bonds is 2. The van der Waals surface area contributed by atoms with Gasteiger partial charge >= 0.3 is 7.12 Å². The van der Waals surface area contributed by atoms with Gasteiger partial charge in [0.05, 0.1) is 5.69 Å². The van der Waals surface area contributed by atoms with Gasteiger partial charge in [-0.2, -0.15) is 4.99 Å². The summed E-state index contributed by atoms with van der Waals surface area (Å²) in [5, 5.41) is 17.5. The number of halogens is 1. The number of carbonyl (C=O) groups excluding carboxylic acids is 1. The van der Waals surface area contributed by atoms with Gasteiger partial charge in [-0.3, -0.25) is 0 Å². The highest BCUT2D eigenvalue weighted by atomic mass is 19.1. The van der Waals surface area contributed by atoms with Gasteiger partial charge in [0.1, 0.15) is 5.82 Å². The van der Waals surface area contributed by atoms with Crippen molar-refractivity contribution in [3.05, 3.63) is 24.0 Å². The van der Waals surface area contributed by atoms with Crippen molar-refractivity contribution >= 4 is 24.3 Å². The molecule has 0 aromatic heterocycles. The van der Waals surface area contributed by atoms with Crippen LogP contribution in [-0.2, 0) is 4.79 Å². The first-order valence-electron chi connectivity index (χ1n) is 3.38. The highest BCUT2D eigenvalue weighted by molar-refractivity contribution is 6.60. The number of aliphatic imine (C=N–C) groups is 1. The summed E-state index contributed by atoms with van der Waals surface area (Å²) in [6.07, 6.45) is 1.23. The van der Waals surface area contributed by atoms with Crippen LogP contribution in [0.5, 0.6) is 0 Å². The molecule has 0 atom stereocenters. The summed E-state index contributed by atoms with van der Waals surface area (Å²) < 4.78 is 12.6. The van der Waals surface area contributed by atoms with Gasteiger partial charge in [-0.15, -0.1) is 0 Å². The minimum Gasteiger partial charge on any atom is -0.423 e. The number of benzene rings is 1.